The van der Waals surface area contributed by atoms with Crippen molar-refractivity contribution >= 4 is 21.7 Å². The molecular formula is C26H24FN3O5S. The molecule has 0 saturated heterocycles. The summed E-state index contributed by atoms with van der Waals surface area (Å²) in [7, 11) is -3.66. The van der Waals surface area contributed by atoms with Crippen LogP contribution in [0.5, 0.6) is 11.5 Å². The third-order valence-electron chi connectivity index (χ3n) is 5.16. The van der Waals surface area contributed by atoms with E-state index in [0.29, 0.717) is 34.0 Å². The number of hydrogen-bond donors (Lipinski definition) is 1. The van der Waals surface area contributed by atoms with E-state index in [1.54, 1.807) is 59.6 Å². The summed E-state index contributed by atoms with van der Waals surface area (Å²) in [6, 6.07) is 15.8. The van der Waals surface area contributed by atoms with Crippen LogP contribution in [-0.4, -0.2) is 30.1 Å². The highest BCUT2D eigenvalue weighted by Crippen LogP contribution is 2.27. The van der Waals surface area contributed by atoms with Crippen molar-refractivity contribution in [1.82, 2.24) is 9.55 Å². The summed E-state index contributed by atoms with van der Waals surface area (Å²) in [5.74, 6) is -0.108. The summed E-state index contributed by atoms with van der Waals surface area (Å²) < 4.78 is 49.0. The fourth-order valence-corrected chi connectivity index (χ4v) is 3.78. The summed E-state index contributed by atoms with van der Waals surface area (Å²) in [6.45, 7) is 3.47. The van der Waals surface area contributed by atoms with Crippen LogP contribution in [0, 0.1) is 19.7 Å². The number of aromatic nitrogens is 2. The van der Waals surface area contributed by atoms with E-state index >= 15 is 0 Å². The molecule has 1 aromatic heterocycles. The number of benzene rings is 3. The van der Waals surface area contributed by atoms with Gasteiger partial charge >= 0.3 is 0 Å². The lowest BCUT2D eigenvalue weighted by molar-refractivity contribution is 0.102. The maximum atomic E-state index is 13.5. The molecule has 4 rings (SSSR count). The lowest BCUT2D eigenvalue weighted by Gasteiger charge is -2.13. The summed E-state index contributed by atoms with van der Waals surface area (Å²) in [5.41, 5.74) is 3.53. The number of halogens is 1. The number of ether oxygens (including phenoxy) is 1. The van der Waals surface area contributed by atoms with E-state index in [9.17, 15) is 17.6 Å². The highest BCUT2D eigenvalue weighted by atomic mass is 32.2. The molecule has 186 valence electrons. The Kier molecular flexibility index (Phi) is 7.18. The summed E-state index contributed by atoms with van der Waals surface area (Å²) in [5, 5.41) is 2.84. The predicted octanol–water partition coefficient (Wildman–Crippen LogP) is 5.15. The third-order valence-corrected chi connectivity index (χ3v) is 5.71. The molecule has 1 amide bonds. The highest BCUT2D eigenvalue weighted by Gasteiger charge is 2.13. The summed E-state index contributed by atoms with van der Waals surface area (Å²) in [6.07, 6.45) is 4.39. The number of hydrogen-bond acceptors (Lipinski definition) is 6. The topological polar surface area (TPSA) is 99.5 Å². The first-order valence-corrected chi connectivity index (χ1v) is 12.7. The average molecular weight is 510 g/mol. The maximum Gasteiger partial charge on any atom is 0.264 e. The van der Waals surface area contributed by atoms with Gasteiger partial charge < -0.3 is 14.6 Å². The Morgan fingerprint density at radius 3 is 2.58 bits per heavy atom. The zero-order chi connectivity index (χ0) is 25.9. The van der Waals surface area contributed by atoms with Crippen molar-refractivity contribution in [2.45, 2.75) is 20.5 Å². The Bertz CT molecular complexity index is 1530. The first kappa shape index (κ1) is 25.1. The van der Waals surface area contributed by atoms with E-state index in [1.807, 2.05) is 13.8 Å². The molecule has 0 unspecified atom stereocenters. The van der Waals surface area contributed by atoms with Gasteiger partial charge in [-0.3, -0.25) is 8.98 Å². The molecule has 0 bridgehead atoms. The van der Waals surface area contributed by atoms with E-state index in [1.165, 1.54) is 18.2 Å². The van der Waals surface area contributed by atoms with E-state index in [-0.39, 0.29) is 6.61 Å². The maximum absolute atomic E-state index is 13.5. The Morgan fingerprint density at radius 1 is 1.08 bits per heavy atom. The average Bonchev–Trinajstić information content (AvgIpc) is 3.25. The van der Waals surface area contributed by atoms with Crippen molar-refractivity contribution < 1.29 is 26.5 Å². The normalized spacial score (nSPS) is 11.3. The fraction of sp³-hybridized carbons (Fsp3) is 0.154. The minimum Gasteiger partial charge on any atom is -0.457 e. The van der Waals surface area contributed by atoms with Crippen LogP contribution in [0.1, 0.15) is 27.2 Å². The molecular weight excluding hydrogens is 485 g/mol. The minimum absolute atomic E-state index is 0.195. The number of nitrogens with zero attached hydrogens (tertiary/aromatic N) is 2. The monoisotopic (exact) mass is 509 g/mol. The van der Waals surface area contributed by atoms with Crippen LogP contribution in [0.2, 0.25) is 0 Å². The zero-order valence-electron chi connectivity index (χ0n) is 19.9. The zero-order valence-corrected chi connectivity index (χ0v) is 20.7. The smallest absolute Gasteiger partial charge is 0.264 e. The van der Waals surface area contributed by atoms with E-state index in [0.717, 1.165) is 17.5 Å². The molecule has 4 aromatic rings. The SMILES string of the molecule is Cc1cn(-c2cc(COS(C)(=O)=O)cc(NC(=O)c3ccc(C)c(Oc4cccc(F)c4)c3)c2)cn1. The molecule has 36 heavy (non-hydrogen) atoms. The van der Waals surface area contributed by atoms with Gasteiger partial charge in [-0.25, -0.2) is 9.37 Å². The molecule has 0 radical (unpaired) electrons. The van der Waals surface area contributed by atoms with Gasteiger partial charge in [-0.05, 0) is 67.4 Å². The van der Waals surface area contributed by atoms with Crippen molar-refractivity contribution in [3.8, 4) is 17.2 Å². The quantitative estimate of drug-likeness (QED) is 0.330. The molecule has 0 saturated carbocycles. The lowest BCUT2D eigenvalue weighted by Crippen LogP contribution is -2.13. The number of nitrogens with one attached hydrogen (secondary N) is 1. The first-order valence-electron chi connectivity index (χ1n) is 10.9. The van der Waals surface area contributed by atoms with Gasteiger partial charge in [0.1, 0.15) is 17.3 Å². The largest absolute Gasteiger partial charge is 0.457 e. The molecule has 3 aromatic carbocycles. The van der Waals surface area contributed by atoms with Crippen molar-refractivity contribution in [3.05, 3.63) is 101 Å². The lowest BCUT2D eigenvalue weighted by atomic mass is 10.1. The number of imidazole rings is 1. The Morgan fingerprint density at radius 2 is 1.89 bits per heavy atom. The Hall–Kier alpha value is -4.02. The fourth-order valence-electron chi connectivity index (χ4n) is 3.43. The van der Waals surface area contributed by atoms with Gasteiger partial charge in [0.25, 0.3) is 16.0 Å². The molecule has 0 atom stereocenters. The van der Waals surface area contributed by atoms with Gasteiger partial charge in [-0.2, -0.15) is 8.42 Å². The molecule has 1 N–H and O–H groups in total. The van der Waals surface area contributed by atoms with E-state index < -0.39 is 21.8 Å². The van der Waals surface area contributed by atoms with Crippen LogP contribution in [-0.2, 0) is 20.9 Å². The molecule has 8 nitrogen and oxygen atoms in total. The van der Waals surface area contributed by atoms with Crippen LogP contribution >= 0.6 is 0 Å². The van der Waals surface area contributed by atoms with Crippen LogP contribution in [0.25, 0.3) is 5.69 Å². The predicted molar refractivity (Wildman–Crippen MR) is 134 cm³/mol. The molecule has 0 fully saturated rings. The van der Waals surface area contributed by atoms with Gasteiger partial charge in [0.2, 0.25) is 0 Å². The first-order chi connectivity index (χ1) is 17.1. The van der Waals surface area contributed by atoms with Crippen molar-refractivity contribution in [1.29, 1.82) is 0 Å². The number of carbonyl (C=O) groups is 1. The standard InChI is InChI=1S/C26H24FN3O5S/c1-17-7-8-20(11-25(17)35-24-6-4-5-21(27)12-24)26(31)29-22-9-19(15-34-36(3,32)33)10-23(13-22)30-14-18(2)28-16-30/h4-14,16H,15H2,1-3H3,(H,29,31). The van der Waals surface area contributed by atoms with Crippen LogP contribution in [0.4, 0.5) is 10.1 Å². The number of aryl methyl sites for hydroxylation is 2. The molecule has 0 aliphatic heterocycles. The van der Waals surface area contributed by atoms with Gasteiger partial charge in [0.15, 0.2) is 0 Å². The van der Waals surface area contributed by atoms with Gasteiger partial charge in [-0.15, -0.1) is 0 Å². The van der Waals surface area contributed by atoms with E-state index in [2.05, 4.69) is 10.3 Å². The number of anilines is 1. The summed E-state index contributed by atoms with van der Waals surface area (Å²) in [4.78, 5) is 17.3. The van der Waals surface area contributed by atoms with Crippen molar-refractivity contribution in [3.63, 3.8) is 0 Å². The minimum atomic E-state index is -3.66. The van der Waals surface area contributed by atoms with Gasteiger partial charge in [0.05, 0.1) is 24.9 Å². The Balaban J connectivity index is 1.61. The van der Waals surface area contributed by atoms with E-state index in [4.69, 9.17) is 8.92 Å². The van der Waals surface area contributed by atoms with Gasteiger partial charge in [0, 0.05) is 29.2 Å². The Labute approximate surface area is 208 Å². The third kappa shape index (κ3) is 6.55. The van der Waals surface area contributed by atoms with Crippen LogP contribution in [0.15, 0.2) is 73.2 Å². The number of carbonyl (C=O) groups excluding carboxylic acids is 1. The second kappa shape index (κ2) is 10.3. The van der Waals surface area contributed by atoms with Crippen LogP contribution in [0.3, 0.4) is 0 Å². The van der Waals surface area contributed by atoms with Crippen molar-refractivity contribution in [2.75, 3.05) is 11.6 Å². The van der Waals surface area contributed by atoms with Crippen molar-refractivity contribution in [2.24, 2.45) is 0 Å². The highest BCUT2D eigenvalue weighted by molar-refractivity contribution is 7.85. The molecule has 0 aliphatic carbocycles. The molecule has 0 aliphatic rings. The second-order valence-electron chi connectivity index (χ2n) is 8.27. The van der Waals surface area contributed by atoms with Crippen LogP contribution < -0.4 is 10.1 Å². The number of rotatable bonds is 8. The molecule has 0 spiro atoms. The van der Waals surface area contributed by atoms with Gasteiger partial charge in [-0.1, -0.05) is 12.1 Å². The summed E-state index contributed by atoms with van der Waals surface area (Å²) >= 11 is 0. The molecule has 10 heteroatoms. The second-order valence-corrected chi connectivity index (χ2v) is 9.91. The number of amides is 1. The molecule has 1 heterocycles.